The fraction of sp³-hybridized carbons (Fsp3) is 0.667. The van der Waals surface area contributed by atoms with E-state index in [9.17, 15) is 15.3 Å². The van der Waals surface area contributed by atoms with E-state index in [1.165, 1.54) is 6.08 Å². The van der Waals surface area contributed by atoms with Gasteiger partial charge in [-0.1, -0.05) is 6.58 Å². The number of fused-ring (bicyclic) bond motifs is 1. The minimum atomic E-state index is -1.09. The van der Waals surface area contributed by atoms with Gasteiger partial charge in [-0.25, -0.2) is 0 Å². The minimum absolute atomic E-state index is 0.141. The summed E-state index contributed by atoms with van der Waals surface area (Å²) < 4.78 is 5.35. The van der Waals surface area contributed by atoms with Crippen molar-refractivity contribution in [3.63, 3.8) is 0 Å². The Bertz CT molecular complexity index is 394. The van der Waals surface area contributed by atoms with Crippen LogP contribution in [0.2, 0.25) is 0 Å². The number of aliphatic hydroxyl groups excluding tert-OH is 2. The normalized spacial score (nSPS) is 49.1. The Labute approximate surface area is 99.4 Å². The summed E-state index contributed by atoms with van der Waals surface area (Å²) in [6.45, 7) is 4.15. The standard InChI is InChI=1S/C12H17NO4/c1-6-4-9(15)7(5-13-6)12(16)3-2-8(14)10-11(12)17-10/h4,7-8,10-11,13-16H,1-3,5H2/t7?,8-,10-,11-,12?/m1/s1. The molecule has 4 N–H and O–H groups in total. The third-order valence-electron chi connectivity index (χ3n) is 4.05. The Morgan fingerprint density at radius 2 is 2.29 bits per heavy atom. The molecular weight excluding hydrogens is 222 g/mol. The van der Waals surface area contributed by atoms with E-state index in [-0.39, 0.29) is 18.0 Å². The fourth-order valence-electron chi connectivity index (χ4n) is 2.98. The van der Waals surface area contributed by atoms with Crippen LogP contribution in [0.4, 0.5) is 0 Å². The van der Waals surface area contributed by atoms with Gasteiger partial charge in [0.25, 0.3) is 0 Å². The van der Waals surface area contributed by atoms with Crippen LogP contribution < -0.4 is 5.32 Å². The molecule has 2 heterocycles. The smallest absolute Gasteiger partial charge is 0.116 e. The second kappa shape index (κ2) is 3.48. The molecule has 2 unspecified atom stereocenters. The summed E-state index contributed by atoms with van der Waals surface area (Å²) in [7, 11) is 0. The van der Waals surface area contributed by atoms with E-state index < -0.39 is 17.6 Å². The van der Waals surface area contributed by atoms with Crippen molar-refractivity contribution in [2.24, 2.45) is 5.92 Å². The highest BCUT2D eigenvalue weighted by atomic mass is 16.6. The topological polar surface area (TPSA) is 85.2 Å². The molecule has 94 valence electrons. The molecule has 2 aliphatic heterocycles. The predicted octanol–water partition coefficient (Wildman–Crippen LogP) is -0.185. The zero-order chi connectivity index (χ0) is 12.2. The van der Waals surface area contributed by atoms with Crippen molar-refractivity contribution in [3.8, 4) is 0 Å². The number of ether oxygens (including phenoxy) is 1. The molecule has 1 aliphatic carbocycles. The van der Waals surface area contributed by atoms with Gasteiger partial charge in [0.1, 0.15) is 23.6 Å². The molecule has 0 aromatic rings. The van der Waals surface area contributed by atoms with Crippen LogP contribution in [0.3, 0.4) is 0 Å². The third kappa shape index (κ3) is 1.57. The molecule has 0 bridgehead atoms. The van der Waals surface area contributed by atoms with Gasteiger partial charge in [-0.2, -0.15) is 0 Å². The van der Waals surface area contributed by atoms with Crippen molar-refractivity contribution in [3.05, 3.63) is 24.1 Å². The first-order valence-corrected chi connectivity index (χ1v) is 5.91. The molecule has 3 aliphatic rings. The second-order valence-electron chi connectivity index (χ2n) is 5.15. The molecular formula is C12H17NO4. The Morgan fingerprint density at radius 1 is 1.53 bits per heavy atom. The summed E-state index contributed by atoms with van der Waals surface area (Å²) >= 11 is 0. The van der Waals surface area contributed by atoms with Crippen LogP contribution in [0, 0.1) is 5.92 Å². The lowest BCUT2D eigenvalue weighted by Crippen LogP contribution is -2.53. The molecule has 1 saturated carbocycles. The highest BCUT2D eigenvalue weighted by Gasteiger charge is 2.63. The van der Waals surface area contributed by atoms with E-state index in [0.717, 1.165) is 0 Å². The summed E-state index contributed by atoms with van der Waals surface area (Å²) in [6, 6.07) is 0. The molecule has 0 radical (unpaired) electrons. The maximum Gasteiger partial charge on any atom is 0.116 e. The molecule has 0 aromatic carbocycles. The summed E-state index contributed by atoms with van der Waals surface area (Å²) in [6.07, 6.45) is 1.35. The van der Waals surface area contributed by atoms with Gasteiger partial charge in [0.05, 0.1) is 12.0 Å². The van der Waals surface area contributed by atoms with Gasteiger partial charge in [-0.15, -0.1) is 0 Å². The zero-order valence-corrected chi connectivity index (χ0v) is 9.47. The van der Waals surface area contributed by atoms with Crippen LogP contribution in [-0.2, 0) is 4.74 Å². The van der Waals surface area contributed by atoms with E-state index in [1.807, 2.05) is 0 Å². The molecule has 1 saturated heterocycles. The van der Waals surface area contributed by atoms with E-state index >= 15 is 0 Å². The average Bonchev–Trinajstić information content (AvgIpc) is 3.05. The number of epoxide rings is 1. The van der Waals surface area contributed by atoms with Gasteiger partial charge in [-0.05, 0) is 18.9 Å². The minimum Gasteiger partial charge on any atom is -0.512 e. The number of hydrogen-bond donors (Lipinski definition) is 4. The van der Waals surface area contributed by atoms with Crippen LogP contribution in [0.25, 0.3) is 0 Å². The number of nitrogens with one attached hydrogen (secondary N) is 1. The summed E-state index contributed by atoms with van der Waals surface area (Å²) in [5.74, 6) is -0.252. The summed E-state index contributed by atoms with van der Waals surface area (Å²) in [5, 5.41) is 33.3. The molecule has 5 atom stereocenters. The molecule has 17 heavy (non-hydrogen) atoms. The number of allylic oxidation sites excluding steroid dienone is 1. The largest absolute Gasteiger partial charge is 0.512 e. The van der Waals surface area contributed by atoms with Crippen molar-refractivity contribution in [1.29, 1.82) is 0 Å². The Kier molecular flexibility index (Phi) is 2.26. The van der Waals surface area contributed by atoms with E-state index in [1.54, 1.807) is 0 Å². The van der Waals surface area contributed by atoms with Crippen LogP contribution >= 0.6 is 0 Å². The quantitative estimate of drug-likeness (QED) is 0.477. The van der Waals surface area contributed by atoms with Crippen LogP contribution in [0.1, 0.15) is 12.8 Å². The average molecular weight is 239 g/mol. The van der Waals surface area contributed by atoms with E-state index in [4.69, 9.17) is 4.74 Å². The highest BCUT2D eigenvalue weighted by Crippen LogP contribution is 2.48. The van der Waals surface area contributed by atoms with Gasteiger partial charge in [-0.3, -0.25) is 0 Å². The van der Waals surface area contributed by atoms with Gasteiger partial charge < -0.3 is 25.4 Å². The maximum absolute atomic E-state index is 10.7. The number of hydrogen-bond acceptors (Lipinski definition) is 5. The fourth-order valence-corrected chi connectivity index (χ4v) is 2.98. The van der Waals surface area contributed by atoms with Gasteiger partial charge in [0.2, 0.25) is 0 Å². The summed E-state index contributed by atoms with van der Waals surface area (Å²) in [4.78, 5) is 0. The third-order valence-corrected chi connectivity index (χ3v) is 4.05. The Balaban J connectivity index is 1.84. The van der Waals surface area contributed by atoms with Crippen molar-refractivity contribution in [1.82, 2.24) is 5.32 Å². The first-order valence-electron chi connectivity index (χ1n) is 5.91. The SMILES string of the molecule is C=C1C=C(O)C(C2(O)CC[C@@H](O)[C@H]3O[C@H]32)CN1. The molecule has 5 heteroatoms. The summed E-state index contributed by atoms with van der Waals surface area (Å²) in [5.41, 5.74) is -0.440. The zero-order valence-electron chi connectivity index (χ0n) is 9.47. The highest BCUT2D eigenvalue weighted by molar-refractivity contribution is 5.26. The number of aliphatic hydroxyl groups is 3. The lowest BCUT2D eigenvalue weighted by Gasteiger charge is -2.39. The monoisotopic (exact) mass is 239 g/mol. The number of rotatable bonds is 1. The Morgan fingerprint density at radius 3 is 3.00 bits per heavy atom. The van der Waals surface area contributed by atoms with Crippen molar-refractivity contribution in [2.45, 2.75) is 36.8 Å². The first-order chi connectivity index (χ1) is 8.02. The van der Waals surface area contributed by atoms with Crippen molar-refractivity contribution < 1.29 is 20.1 Å². The van der Waals surface area contributed by atoms with Gasteiger partial charge in [0, 0.05) is 12.2 Å². The van der Waals surface area contributed by atoms with E-state index in [0.29, 0.717) is 25.1 Å². The molecule has 3 rings (SSSR count). The van der Waals surface area contributed by atoms with Crippen LogP contribution in [-0.4, -0.2) is 45.8 Å². The van der Waals surface area contributed by atoms with E-state index in [2.05, 4.69) is 11.9 Å². The van der Waals surface area contributed by atoms with Gasteiger partial charge >= 0.3 is 0 Å². The Hall–Kier alpha value is -1.04. The predicted molar refractivity (Wildman–Crippen MR) is 60.2 cm³/mol. The molecule has 5 nitrogen and oxygen atoms in total. The molecule has 0 spiro atoms. The van der Waals surface area contributed by atoms with Crippen LogP contribution in [0.15, 0.2) is 24.1 Å². The van der Waals surface area contributed by atoms with Gasteiger partial charge in [0.15, 0.2) is 0 Å². The van der Waals surface area contributed by atoms with Crippen molar-refractivity contribution in [2.75, 3.05) is 6.54 Å². The molecule has 0 aromatic heterocycles. The first kappa shape index (κ1) is 11.1. The second-order valence-corrected chi connectivity index (χ2v) is 5.15. The molecule has 0 amide bonds. The van der Waals surface area contributed by atoms with Crippen LogP contribution in [0.5, 0.6) is 0 Å². The van der Waals surface area contributed by atoms with Crippen molar-refractivity contribution >= 4 is 0 Å². The lowest BCUT2D eigenvalue weighted by atomic mass is 9.73. The molecule has 2 fully saturated rings. The maximum atomic E-state index is 10.7. The lowest BCUT2D eigenvalue weighted by molar-refractivity contribution is -0.0625.